The molecular formula is C24H26ClN3O. The molecule has 3 aromatic rings. The number of rotatable bonds is 5. The smallest absolute Gasteiger partial charge is 0.257 e. The Morgan fingerprint density at radius 1 is 1.24 bits per heavy atom. The number of benzene rings is 2. The molecule has 0 unspecified atom stereocenters. The molecule has 1 aliphatic rings. The SMILES string of the molecule is CC(C)CN1CC=C(c2c[nH]c3ccc(NC(=O)c4ccccc4Cl)cc23)CC1. The first kappa shape index (κ1) is 19.7. The van der Waals surface area contributed by atoms with E-state index in [0.29, 0.717) is 16.5 Å². The molecule has 150 valence electrons. The number of carbonyl (C=O) groups excluding carboxylic acids is 1. The second-order valence-electron chi connectivity index (χ2n) is 8.03. The predicted octanol–water partition coefficient (Wildman–Crippen LogP) is 5.82. The van der Waals surface area contributed by atoms with Gasteiger partial charge in [-0.05, 0) is 48.2 Å². The Bertz CT molecular complexity index is 1070. The zero-order chi connectivity index (χ0) is 20.4. The lowest BCUT2D eigenvalue weighted by Crippen LogP contribution is -2.31. The highest BCUT2D eigenvalue weighted by Crippen LogP contribution is 2.31. The maximum absolute atomic E-state index is 12.6. The quantitative estimate of drug-likeness (QED) is 0.559. The number of halogens is 1. The van der Waals surface area contributed by atoms with E-state index in [1.807, 2.05) is 30.3 Å². The van der Waals surface area contributed by atoms with Crippen LogP contribution in [0.25, 0.3) is 16.5 Å². The predicted molar refractivity (Wildman–Crippen MR) is 122 cm³/mol. The molecule has 0 spiro atoms. The molecule has 2 N–H and O–H groups in total. The third kappa shape index (κ3) is 4.39. The van der Waals surface area contributed by atoms with Gasteiger partial charge in [0.15, 0.2) is 0 Å². The summed E-state index contributed by atoms with van der Waals surface area (Å²) in [7, 11) is 0. The molecule has 29 heavy (non-hydrogen) atoms. The van der Waals surface area contributed by atoms with Crippen LogP contribution in [-0.4, -0.2) is 35.4 Å². The van der Waals surface area contributed by atoms with Gasteiger partial charge in [-0.25, -0.2) is 0 Å². The van der Waals surface area contributed by atoms with Gasteiger partial charge in [0.2, 0.25) is 0 Å². The van der Waals surface area contributed by atoms with Gasteiger partial charge >= 0.3 is 0 Å². The highest BCUT2D eigenvalue weighted by Gasteiger charge is 2.17. The van der Waals surface area contributed by atoms with Gasteiger partial charge in [-0.1, -0.05) is 43.7 Å². The van der Waals surface area contributed by atoms with Crippen LogP contribution >= 0.6 is 11.6 Å². The summed E-state index contributed by atoms with van der Waals surface area (Å²) in [5.74, 6) is 0.482. The molecule has 1 amide bonds. The van der Waals surface area contributed by atoms with Crippen molar-refractivity contribution in [3.8, 4) is 0 Å². The molecular weight excluding hydrogens is 382 g/mol. The van der Waals surface area contributed by atoms with Crippen LogP contribution < -0.4 is 5.32 Å². The fraction of sp³-hybridized carbons (Fsp3) is 0.292. The average Bonchev–Trinajstić information content (AvgIpc) is 3.11. The maximum Gasteiger partial charge on any atom is 0.257 e. The van der Waals surface area contributed by atoms with Crippen molar-refractivity contribution in [1.82, 2.24) is 9.88 Å². The third-order valence-corrected chi connectivity index (χ3v) is 5.65. The molecule has 0 bridgehead atoms. The number of aromatic nitrogens is 1. The largest absolute Gasteiger partial charge is 0.361 e. The van der Waals surface area contributed by atoms with Crippen LogP contribution in [0.3, 0.4) is 0 Å². The van der Waals surface area contributed by atoms with Gasteiger partial charge < -0.3 is 10.3 Å². The minimum absolute atomic E-state index is 0.201. The monoisotopic (exact) mass is 407 g/mol. The summed E-state index contributed by atoms with van der Waals surface area (Å²) in [5.41, 5.74) is 4.90. The van der Waals surface area contributed by atoms with E-state index < -0.39 is 0 Å². The molecule has 2 aromatic carbocycles. The van der Waals surface area contributed by atoms with Crippen molar-refractivity contribution in [2.75, 3.05) is 25.0 Å². The Morgan fingerprint density at radius 2 is 2.07 bits per heavy atom. The van der Waals surface area contributed by atoms with Gasteiger partial charge in [0.05, 0.1) is 10.6 Å². The molecule has 4 rings (SSSR count). The van der Waals surface area contributed by atoms with E-state index in [0.717, 1.165) is 42.6 Å². The van der Waals surface area contributed by atoms with Crippen molar-refractivity contribution < 1.29 is 4.79 Å². The second-order valence-corrected chi connectivity index (χ2v) is 8.44. The fourth-order valence-corrected chi connectivity index (χ4v) is 4.17. The Labute approximate surface area is 176 Å². The van der Waals surface area contributed by atoms with Gasteiger partial charge in [-0.15, -0.1) is 0 Å². The number of carbonyl (C=O) groups is 1. The number of H-pyrrole nitrogens is 1. The lowest BCUT2D eigenvalue weighted by molar-refractivity contribution is 0.102. The average molecular weight is 408 g/mol. The first-order valence-corrected chi connectivity index (χ1v) is 10.5. The molecule has 0 atom stereocenters. The van der Waals surface area contributed by atoms with E-state index in [9.17, 15) is 4.79 Å². The lowest BCUT2D eigenvalue weighted by Gasteiger charge is -2.27. The molecule has 4 nitrogen and oxygen atoms in total. The summed E-state index contributed by atoms with van der Waals surface area (Å²) < 4.78 is 0. The molecule has 0 fully saturated rings. The summed E-state index contributed by atoms with van der Waals surface area (Å²) >= 11 is 6.16. The zero-order valence-electron chi connectivity index (χ0n) is 16.8. The van der Waals surface area contributed by atoms with E-state index in [2.05, 4.69) is 41.3 Å². The molecule has 0 aliphatic carbocycles. The first-order chi connectivity index (χ1) is 14.0. The van der Waals surface area contributed by atoms with Crippen LogP contribution in [-0.2, 0) is 0 Å². The molecule has 2 heterocycles. The summed E-state index contributed by atoms with van der Waals surface area (Å²) in [5, 5.41) is 4.56. The van der Waals surface area contributed by atoms with Gasteiger partial charge in [0.25, 0.3) is 5.91 Å². The highest BCUT2D eigenvalue weighted by molar-refractivity contribution is 6.34. The Balaban J connectivity index is 1.56. The van der Waals surface area contributed by atoms with E-state index in [1.165, 1.54) is 11.1 Å². The van der Waals surface area contributed by atoms with Crippen molar-refractivity contribution in [1.29, 1.82) is 0 Å². The van der Waals surface area contributed by atoms with Gasteiger partial charge in [-0.3, -0.25) is 9.69 Å². The minimum atomic E-state index is -0.201. The number of nitrogens with one attached hydrogen (secondary N) is 2. The van der Waals surface area contributed by atoms with Crippen LogP contribution in [0.5, 0.6) is 0 Å². The molecule has 1 aromatic heterocycles. The van der Waals surface area contributed by atoms with Crippen LogP contribution in [0.4, 0.5) is 5.69 Å². The summed E-state index contributed by atoms with van der Waals surface area (Å²) in [6, 6.07) is 13.0. The highest BCUT2D eigenvalue weighted by atomic mass is 35.5. The molecule has 0 saturated carbocycles. The molecule has 0 radical (unpaired) electrons. The molecule has 1 aliphatic heterocycles. The van der Waals surface area contributed by atoms with Crippen molar-refractivity contribution in [2.24, 2.45) is 5.92 Å². The van der Waals surface area contributed by atoms with E-state index >= 15 is 0 Å². The lowest BCUT2D eigenvalue weighted by atomic mass is 9.98. The van der Waals surface area contributed by atoms with Crippen molar-refractivity contribution in [3.63, 3.8) is 0 Å². The number of fused-ring (bicyclic) bond motifs is 1. The summed E-state index contributed by atoms with van der Waals surface area (Å²) in [6.07, 6.45) is 5.45. The normalized spacial score (nSPS) is 15.0. The van der Waals surface area contributed by atoms with Gasteiger partial charge in [-0.2, -0.15) is 0 Å². The molecule has 0 saturated heterocycles. The number of aromatic amines is 1. The van der Waals surface area contributed by atoms with E-state index in [-0.39, 0.29) is 5.91 Å². The number of hydrogen-bond acceptors (Lipinski definition) is 2. The second kappa shape index (κ2) is 8.44. The summed E-state index contributed by atoms with van der Waals surface area (Å²) in [6.45, 7) is 7.73. The Morgan fingerprint density at radius 3 is 2.79 bits per heavy atom. The van der Waals surface area contributed by atoms with E-state index in [4.69, 9.17) is 11.6 Å². The minimum Gasteiger partial charge on any atom is -0.361 e. The standard InChI is InChI=1S/C24H26ClN3O/c1-16(2)15-28-11-9-17(10-12-28)21-14-26-23-8-7-18(13-20(21)23)27-24(29)19-5-3-4-6-22(19)25/h3-9,13-14,16,26H,10-12,15H2,1-2H3,(H,27,29). The van der Waals surface area contributed by atoms with Crippen LogP contribution in [0, 0.1) is 5.92 Å². The van der Waals surface area contributed by atoms with Crippen molar-refractivity contribution in [2.45, 2.75) is 20.3 Å². The van der Waals surface area contributed by atoms with Gasteiger partial charge in [0.1, 0.15) is 0 Å². The number of hydrogen-bond donors (Lipinski definition) is 2. The number of nitrogens with zero attached hydrogens (tertiary/aromatic N) is 1. The Hall–Kier alpha value is -2.56. The third-order valence-electron chi connectivity index (χ3n) is 5.32. The summed E-state index contributed by atoms with van der Waals surface area (Å²) in [4.78, 5) is 18.5. The maximum atomic E-state index is 12.6. The topological polar surface area (TPSA) is 48.1 Å². The van der Waals surface area contributed by atoms with Crippen LogP contribution in [0.2, 0.25) is 5.02 Å². The van der Waals surface area contributed by atoms with Crippen molar-refractivity contribution in [3.05, 3.63) is 70.9 Å². The molecule has 5 heteroatoms. The first-order valence-electron chi connectivity index (χ1n) is 10.1. The van der Waals surface area contributed by atoms with Crippen molar-refractivity contribution >= 4 is 39.7 Å². The number of anilines is 1. The fourth-order valence-electron chi connectivity index (χ4n) is 3.95. The van der Waals surface area contributed by atoms with Crippen LogP contribution in [0.15, 0.2) is 54.7 Å². The number of amides is 1. The zero-order valence-corrected chi connectivity index (χ0v) is 17.6. The van der Waals surface area contributed by atoms with Gasteiger partial charge in [0, 0.05) is 48.0 Å². The van der Waals surface area contributed by atoms with Crippen LogP contribution in [0.1, 0.15) is 36.2 Å². The van der Waals surface area contributed by atoms with E-state index in [1.54, 1.807) is 12.1 Å². The Kier molecular flexibility index (Phi) is 5.74.